The second-order valence-corrected chi connectivity index (χ2v) is 21.5. The van der Waals surface area contributed by atoms with Crippen LogP contribution in [0.2, 0.25) is 0 Å². The van der Waals surface area contributed by atoms with Crippen LogP contribution in [0, 0.1) is 0 Å². The molecule has 504 valence electrons. The number of aliphatic hydroxyl groups is 2. The largest absolute Gasteiger partial charge is 0.507 e. The minimum Gasteiger partial charge on any atom is -0.507 e. The fourth-order valence-electron chi connectivity index (χ4n) is 9.26. The fraction of sp³-hybridized carbons (Fsp3) is 0.351. The van der Waals surface area contributed by atoms with Crippen LogP contribution in [0.1, 0.15) is 135 Å². The van der Waals surface area contributed by atoms with Gasteiger partial charge in [-0.25, -0.2) is 0 Å². The lowest BCUT2D eigenvalue weighted by Crippen LogP contribution is -2.40. The Morgan fingerprint density at radius 3 is 1.32 bits per heavy atom. The van der Waals surface area contributed by atoms with Gasteiger partial charge in [0.25, 0.3) is 0 Å². The molecule has 8 rings (SSSR count). The molecule has 0 heterocycles. The lowest BCUT2D eigenvalue weighted by molar-refractivity contribution is -0.208. The molecule has 0 saturated carbocycles. The van der Waals surface area contributed by atoms with Crippen molar-refractivity contribution in [1.29, 1.82) is 0 Å². The van der Waals surface area contributed by atoms with Crippen molar-refractivity contribution in [2.45, 2.75) is 103 Å². The fourth-order valence-corrected chi connectivity index (χ4v) is 9.26. The highest BCUT2D eigenvalue weighted by molar-refractivity contribution is 6.12. The maximum absolute atomic E-state index is 13.0. The number of rotatable bonds is 28. The first-order valence-electron chi connectivity index (χ1n) is 31.0. The van der Waals surface area contributed by atoms with Gasteiger partial charge in [-0.3, -0.25) is 19.2 Å². The van der Waals surface area contributed by atoms with Crippen LogP contribution in [0.5, 0.6) is 57.5 Å². The lowest BCUT2D eigenvalue weighted by Gasteiger charge is -2.33. The number of aliphatic hydroxyl groups excluding tert-OH is 2. The van der Waals surface area contributed by atoms with E-state index in [4.69, 9.17) is 47.4 Å². The van der Waals surface area contributed by atoms with Crippen molar-refractivity contribution >= 4 is 34.7 Å². The summed E-state index contributed by atoms with van der Waals surface area (Å²) in [4.78, 5) is 49.9. The second kappa shape index (κ2) is 37.8. The average molecular weight is 1300 g/mol. The number of carbonyl (C=O) groups excluding carboxylic acids is 4. The van der Waals surface area contributed by atoms with Gasteiger partial charge >= 0.3 is 0 Å². The summed E-state index contributed by atoms with van der Waals surface area (Å²) >= 11 is 0. The summed E-state index contributed by atoms with van der Waals surface area (Å²) in [6.45, 7) is 10.5. The first-order valence-corrected chi connectivity index (χ1v) is 31.0. The van der Waals surface area contributed by atoms with Gasteiger partial charge in [-0.05, 0) is 135 Å². The highest BCUT2D eigenvalue weighted by atomic mass is 16.7. The Kier molecular flexibility index (Phi) is 30.2. The molecule has 0 aliphatic heterocycles. The minimum absolute atomic E-state index is 0.0138. The number of aromatic hydroxyl groups is 4. The Morgan fingerprint density at radius 1 is 0.415 bits per heavy atom. The van der Waals surface area contributed by atoms with Crippen LogP contribution < -0.4 is 28.4 Å². The summed E-state index contributed by atoms with van der Waals surface area (Å²) in [5, 5.41) is 60.6. The van der Waals surface area contributed by atoms with Gasteiger partial charge in [-0.15, -0.1) is 0 Å². The van der Waals surface area contributed by atoms with Gasteiger partial charge in [-0.1, -0.05) is 77.6 Å². The number of benzene rings is 6. The number of hydrogen-bond donors (Lipinski definition) is 6. The minimum atomic E-state index is -1.06. The van der Waals surface area contributed by atoms with E-state index in [0.717, 1.165) is 51.4 Å². The monoisotopic (exact) mass is 1300 g/mol. The topological polar surface area (TPSA) is 282 Å². The molecule has 0 saturated heterocycles. The molecule has 2 aliphatic carbocycles. The molecule has 94 heavy (non-hydrogen) atoms. The van der Waals surface area contributed by atoms with E-state index >= 15 is 0 Å². The Balaban J connectivity index is 0.000000230. The molecular formula is C74H88O20. The molecule has 0 bridgehead atoms. The van der Waals surface area contributed by atoms with Crippen molar-refractivity contribution < 1.29 is 97.2 Å². The van der Waals surface area contributed by atoms with E-state index in [0.29, 0.717) is 66.3 Å². The third kappa shape index (κ3) is 21.0. The SMILES string of the molecule is CCCCOc1ccc(C(=O)c2ccc(OC)cc2O)cc1O.CCCCOc1ccccc1C(O)=C1C=CC(OCCCC)(OCCCC)CC1=O.COc1ccc(C(=O)c2ccc(OC)c(O)c2)c(O)c1.COc1cccc(C(O)=C2C=CC(OC)(OC)CC2=O)c1. The summed E-state index contributed by atoms with van der Waals surface area (Å²) in [6, 6.07) is 31.8. The predicted octanol–water partition coefficient (Wildman–Crippen LogP) is 14.3. The first kappa shape index (κ1) is 75.1. The molecular weight excluding hydrogens is 1210 g/mol. The zero-order valence-electron chi connectivity index (χ0n) is 55.2. The number of allylic oxidation sites excluding steroid dienone is 4. The van der Waals surface area contributed by atoms with Gasteiger partial charge in [0.15, 0.2) is 57.7 Å². The molecule has 0 aromatic heterocycles. The van der Waals surface area contributed by atoms with E-state index in [9.17, 15) is 49.8 Å². The van der Waals surface area contributed by atoms with E-state index in [-0.39, 0.29) is 104 Å². The highest BCUT2D eigenvalue weighted by Gasteiger charge is 2.38. The molecule has 0 radical (unpaired) electrons. The van der Waals surface area contributed by atoms with Crippen LogP contribution in [0.4, 0.5) is 0 Å². The number of para-hydroxylation sites is 1. The number of Topliss-reactive ketones (excluding diaryl/α,β-unsaturated/α-hetero) is 2. The molecule has 0 unspecified atom stereocenters. The maximum Gasteiger partial charge on any atom is 0.196 e. The average Bonchev–Trinajstić information content (AvgIpc) is 0.816. The first-order chi connectivity index (χ1) is 45.2. The molecule has 20 nitrogen and oxygen atoms in total. The van der Waals surface area contributed by atoms with Gasteiger partial charge in [0, 0.05) is 43.0 Å². The molecule has 6 aromatic rings. The molecule has 20 heteroatoms. The molecule has 0 atom stereocenters. The third-order valence-electron chi connectivity index (χ3n) is 14.9. The van der Waals surface area contributed by atoms with E-state index in [2.05, 4.69) is 20.8 Å². The van der Waals surface area contributed by atoms with Crippen LogP contribution in [0.3, 0.4) is 0 Å². The Hall–Kier alpha value is -9.60. The van der Waals surface area contributed by atoms with E-state index in [1.165, 1.54) is 90.2 Å². The van der Waals surface area contributed by atoms with Gasteiger partial charge in [0.1, 0.15) is 46.0 Å². The number of unbranched alkanes of at least 4 members (excludes halogenated alkanes) is 4. The smallest absolute Gasteiger partial charge is 0.196 e. The number of methoxy groups -OCH3 is 6. The molecule has 0 spiro atoms. The van der Waals surface area contributed by atoms with Gasteiger partial charge in [0.05, 0.1) is 95.5 Å². The summed E-state index contributed by atoms with van der Waals surface area (Å²) < 4.78 is 53.6. The zero-order valence-corrected chi connectivity index (χ0v) is 55.2. The number of carbonyl (C=O) groups is 4. The van der Waals surface area contributed by atoms with Crippen molar-refractivity contribution in [3.8, 4) is 57.5 Å². The summed E-state index contributed by atoms with van der Waals surface area (Å²) in [7, 11) is 8.85. The number of ether oxygens (including phenoxy) is 10. The standard InChI is InChI=1S/C25H36O5.C18H20O5.C16H18O5.C15H14O5/c1-4-7-16-28-23-13-11-10-12-21(23)24(27)20-14-15-25(19-22(20)26,29-17-8-5-2)30-18-9-6-3;1-3-4-9-23-17-8-5-12(10-16(17)20)18(21)14-7-6-13(22-2)11-15(14)19;1-19-12-6-4-5-11(9-12)15(18)13-7-8-16(20-2,21-3)10-14(13)17;1-19-10-4-5-11(12(16)8-10)15(18)9-3-6-14(20-2)13(17)7-9/h10-15,27H,4-9,16-19H2,1-3H3;5-8,10-11,19-20H,3-4,9H2,1-2H3;4-9,18H,10H2,1-3H3;3-8,16-17H,1-2H3. The second-order valence-electron chi connectivity index (χ2n) is 21.5. The van der Waals surface area contributed by atoms with E-state index in [1.54, 1.807) is 79.9 Å². The van der Waals surface area contributed by atoms with Crippen molar-refractivity contribution in [2.24, 2.45) is 0 Å². The number of hydrogen-bond acceptors (Lipinski definition) is 20. The Morgan fingerprint density at radius 2 is 0.862 bits per heavy atom. The lowest BCUT2D eigenvalue weighted by atomic mass is 9.92. The summed E-state index contributed by atoms with van der Waals surface area (Å²) in [5.74, 6) is -1.37. The van der Waals surface area contributed by atoms with Gasteiger partial charge in [-0.2, -0.15) is 0 Å². The Labute approximate surface area is 549 Å². The maximum atomic E-state index is 13.0. The summed E-state index contributed by atoms with van der Waals surface area (Å²) in [6.07, 6.45) is 14.2. The van der Waals surface area contributed by atoms with Crippen molar-refractivity contribution in [3.05, 3.63) is 190 Å². The van der Waals surface area contributed by atoms with Crippen LogP contribution in [-0.2, 0) is 28.5 Å². The molecule has 6 N–H and O–H groups in total. The number of ketones is 4. The molecule has 0 fully saturated rings. The third-order valence-corrected chi connectivity index (χ3v) is 14.9. The molecule has 0 amide bonds. The molecule has 6 aromatic carbocycles. The van der Waals surface area contributed by atoms with Crippen LogP contribution in [0.25, 0.3) is 11.5 Å². The van der Waals surface area contributed by atoms with Crippen molar-refractivity contribution in [3.63, 3.8) is 0 Å². The van der Waals surface area contributed by atoms with Crippen molar-refractivity contribution in [2.75, 3.05) is 69.1 Å². The van der Waals surface area contributed by atoms with E-state index < -0.39 is 17.4 Å². The zero-order chi connectivity index (χ0) is 68.8. The molecule has 2 aliphatic rings. The van der Waals surface area contributed by atoms with Crippen LogP contribution in [0.15, 0.2) is 157 Å². The van der Waals surface area contributed by atoms with Crippen LogP contribution >= 0.6 is 0 Å². The van der Waals surface area contributed by atoms with Gasteiger partial charge < -0.3 is 78.0 Å². The predicted molar refractivity (Wildman–Crippen MR) is 357 cm³/mol. The van der Waals surface area contributed by atoms with E-state index in [1.807, 2.05) is 25.1 Å². The number of phenolic OH excluding ortho intramolecular Hbond substituents is 4. The number of phenols is 4. The quantitative estimate of drug-likeness (QED) is 0.00875. The summed E-state index contributed by atoms with van der Waals surface area (Å²) in [5.41, 5.74) is 2.33. The van der Waals surface area contributed by atoms with Crippen LogP contribution in [-0.4, -0.2) is 134 Å². The normalized spacial score (nSPS) is 14.5. The highest BCUT2D eigenvalue weighted by Crippen LogP contribution is 2.37. The van der Waals surface area contributed by atoms with Crippen molar-refractivity contribution in [1.82, 2.24) is 0 Å². The Bertz CT molecular complexity index is 3600. The van der Waals surface area contributed by atoms with Gasteiger partial charge in [0.2, 0.25) is 0 Å².